The van der Waals surface area contributed by atoms with Gasteiger partial charge in [0.15, 0.2) is 0 Å². The van der Waals surface area contributed by atoms with Gasteiger partial charge in [0, 0.05) is 24.2 Å². The van der Waals surface area contributed by atoms with Crippen molar-refractivity contribution in [3.8, 4) is 0 Å². The fraction of sp³-hybridized carbons (Fsp3) is 1.00. The van der Waals surface area contributed by atoms with Gasteiger partial charge in [-0.2, -0.15) is 0 Å². The summed E-state index contributed by atoms with van der Waals surface area (Å²) in [5.41, 5.74) is 0. The van der Waals surface area contributed by atoms with Gasteiger partial charge in [-0.25, -0.2) is 0 Å². The lowest BCUT2D eigenvalue weighted by Crippen LogP contribution is -2.51. The highest BCUT2D eigenvalue weighted by Gasteiger charge is 2.37. The van der Waals surface area contributed by atoms with Crippen molar-refractivity contribution in [2.45, 2.75) is 109 Å². The Balaban J connectivity index is 1.58. The fourth-order valence-corrected chi connectivity index (χ4v) is 5.50. The molecule has 0 aromatic rings. The molecule has 3 fully saturated rings. The van der Waals surface area contributed by atoms with Crippen LogP contribution in [0.4, 0.5) is 0 Å². The Kier molecular flexibility index (Phi) is 5.61. The maximum atomic E-state index is 3.81. The molecule has 21 heavy (non-hydrogen) atoms. The Morgan fingerprint density at radius 2 is 1.62 bits per heavy atom. The van der Waals surface area contributed by atoms with Crippen LogP contribution >= 0.6 is 0 Å². The van der Waals surface area contributed by atoms with Crippen LogP contribution < -0.4 is 5.32 Å². The van der Waals surface area contributed by atoms with Crippen molar-refractivity contribution in [2.75, 3.05) is 6.54 Å². The van der Waals surface area contributed by atoms with Crippen molar-refractivity contribution < 1.29 is 0 Å². The van der Waals surface area contributed by atoms with E-state index in [1.165, 1.54) is 77.2 Å². The van der Waals surface area contributed by atoms with Crippen LogP contribution in [0.3, 0.4) is 0 Å². The van der Waals surface area contributed by atoms with Crippen LogP contribution in [0.5, 0.6) is 0 Å². The summed E-state index contributed by atoms with van der Waals surface area (Å²) in [5.74, 6) is 1.03. The Labute approximate surface area is 132 Å². The van der Waals surface area contributed by atoms with Gasteiger partial charge < -0.3 is 5.32 Å². The maximum Gasteiger partial charge on any atom is 0.0128 e. The number of nitrogens with one attached hydrogen (secondary N) is 1. The van der Waals surface area contributed by atoms with Gasteiger partial charge in [0.25, 0.3) is 0 Å². The summed E-state index contributed by atoms with van der Waals surface area (Å²) < 4.78 is 0. The van der Waals surface area contributed by atoms with Crippen LogP contribution in [-0.4, -0.2) is 35.6 Å². The molecule has 4 atom stereocenters. The first kappa shape index (κ1) is 15.8. The van der Waals surface area contributed by atoms with Gasteiger partial charge in [-0.15, -0.1) is 0 Å². The number of hydrogen-bond donors (Lipinski definition) is 1. The van der Waals surface area contributed by atoms with Gasteiger partial charge in [0.1, 0.15) is 0 Å². The normalized spacial score (nSPS) is 40.4. The average molecular weight is 293 g/mol. The van der Waals surface area contributed by atoms with Crippen LogP contribution in [-0.2, 0) is 0 Å². The molecule has 122 valence electrons. The molecule has 1 saturated carbocycles. The summed E-state index contributed by atoms with van der Waals surface area (Å²) in [6.45, 7) is 6.02. The summed E-state index contributed by atoms with van der Waals surface area (Å²) in [6, 6.07) is 3.43. The zero-order valence-electron chi connectivity index (χ0n) is 14.3. The minimum Gasteiger partial charge on any atom is -0.311 e. The smallest absolute Gasteiger partial charge is 0.0128 e. The molecule has 1 N–H and O–H groups in total. The second-order valence-electron chi connectivity index (χ2n) is 7.91. The minimum absolute atomic E-state index is 0.835. The van der Waals surface area contributed by atoms with Crippen molar-refractivity contribution in [2.24, 2.45) is 5.92 Å². The molecular formula is C19H36N2. The third kappa shape index (κ3) is 3.82. The summed E-state index contributed by atoms with van der Waals surface area (Å²) in [7, 11) is 0. The molecule has 0 spiro atoms. The highest BCUT2D eigenvalue weighted by molar-refractivity contribution is 4.97. The van der Waals surface area contributed by atoms with E-state index in [9.17, 15) is 0 Å². The lowest BCUT2D eigenvalue weighted by molar-refractivity contribution is 0.0901. The molecule has 3 rings (SSSR count). The molecular weight excluding hydrogens is 256 g/mol. The van der Waals surface area contributed by atoms with Crippen molar-refractivity contribution in [3.05, 3.63) is 0 Å². The van der Waals surface area contributed by atoms with Gasteiger partial charge in [0.2, 0.25) is 0 Å². The number of fused-ring (bicyclic) bond motifs is 2. The highest BCUT2D eigenvalue weighted by atomic mass is 15.2. The zero-order valence-corrected chi connectivity index (χ0v) is 14.3. The Morgan fingerprint density at radius 1 is 0.857 bits per heavy atom. The minimum atomic E-state index is 0.835. The molecule has 4 unspecified atom stereocenters. The van der Waals surface area contributed by atoms with Gasteiger partial charge >= 0.3 is 0 Å². The molecule has 2 nitrogen and oxygen atoms in total. The molecule has 3 aliphatic rings. The number of nitrogens with zero attached hydrogens (tertiary/aromatic N) is 1. The SMILES string of the molecule is CCCC1CCCC(N(CC)C2CC3CCC(C2)N3)CC1. The second-order valence-corrected chi connectivity index (χ2v) is 7.91. The molecule has 2 heteroatoms. The highest BCUT2D eigenvalue weighted by Crippen LogP contribution is 2.34. The van der Waals surface area contributed by atoms with Crippen LogP contribution in [0, 0.1) is 5.92 Å². The topological polar surface area (TPSA) is 15.3 Å². The van der Waals surface area contributed by atoms with Gasteiger partial charge in [0.05, 0.1) is 0 Å². The Hall–Kier alpha value is -0.0800. The largest absolute Gasteiger partial charge is 0.311 e. The van der Waals surface area contributed by atoms with E-state index in [1.807, 2.05) is 0 Å². The third-order valence-electron chi connectivity index (χ3n) is 6.51. The summed E-state index contributed by atoms with van der Waals surface area (Å²) in [6.07, 6.45) is 15.9. The van der Waals surface area contributed by atoms with E-state index in [2.05, 4.69) is 24.1 Å². The van der Waals surface area contributed by atoms with Crippen LogP contribution in [0.15, 0.2) is 0 Å². The number of hydrogen-bond acceptors (Lipinski definition) is 2. The molecule has 0 aromatic carbocycles. The monoisotopic (exact) mass is 292 g/mol. The second kappa shape index (κ2) is 7.46. The lowest BCUT2D eigenvalue weighted by Gasteiger charge is -2.41. The van der Waals surface area contributed by atoms with Crippen LogP contribution in [0.25, 0.3) is 0 Å². The molecule has 2 heterocycles. The predicted molar refractivity (Wildman–Crippen MR) is 90.6 cm³/mol. The van der Waals surface area contributed by atoms with E-state index < -0.39 is 0 Å². The summed E-state index contributed by atoms with van der Waals surface area (Å²) in [4.78, 5) is 2.92. The lowest BCUT2D eigenvalue weighted by atomic mass is 9.93. The molecule has 1 aliphatic carbocycles. The first-order valence-corrected chi connectivity index (χ1v) is 9.81. The molecule has 0 aromatic heterocycles. The van der Waals surface area contributed by atoms with Gasteiger partial charge in [-0.05, 0) is 57.4 Å². The number of piperidine rings is 1. The summed E-state index contributed by atoms with van der Waals surface area (Å²) >= 11 is 0. The zero-order chi connectivity index (χ0) is 14.7. The molecule has 2 saturated heterocycles. The average Bonchev–Trinajstić information content (AvgIpc) is 2.69. The Morgan fingerprint density at radius 3 is 2.29 bits per heavy atom. The quantitative estimate of drug-likeness (QED) is 0.758. The standard InChI is InChI=1S/C19H36N2/c1-3-6-15-7-5-8-18(12-9-15)21(4-2)19-13-16-10-11-17(14-19)20-16/h15-20H,3-14H2,1-2H3. The van der Waals surface area contributed by atoms with Gasteiger partial charge in [-0.1, -0.05) is 39.5 Å². The van der Waals surface area contributed by atoms with E-state index >= 15 is 0 Å². The third-order valence-corrected chi connectivity index (χ3v) is 6.51. The van der Waals surface area contributed by atoms with Crippen molar-refractivity contribution in [1.82, 2.24) is 10.2 Å². The van der Waals surface area contributed by atoms with E-state index in [4.69, 9.17) is 0 Å². The van der Waals surface area contributed by atoms with E-state index in [-0.39, 0.29) is 0 Å². The van der Waals surface area contributed by atoms with Crippen LogP contribution in [0.2, 0.25) is 0 Å². The van der Waals surface area contributed by atoms with Crippen molar-refractivity contribution >= 4 is 0 Å². The maximum absolute atomic E-state index is 3.81. The first-order chi connectivity index (χ1) is 10.3. The molecule has 2 bridgehead atoms. The van der Waals surface area contributed by atoms with Crippen LogP contribution in [0.1, 0.15) is 84.5 Å². The predicted octanol–water partition coefficient (Wildman–Crippen LogP) is 4.34. The molecule has 0 amide bonds. The van der Waals surface area contributed by atoms with Gasteiger partial charge in [-0.3, -0.25) is 4.90 Å². The Bertz CT molecular complexity index is 305. The van der Waals surface area contributed by atoms with Crippen molar-refractivity contribution in [3.63, 3.8) is 0 Å². The molecule has 2 aliphatic heterocycles. The van der Waals surface area contributed by atoms with Crippen molar-refractivity contribution in [1.29, 1.82) is 0 Å². The first-order valence-electron chi connectivity index (χ1n) is 9.81. The summed E-state index contributed by atoms with van der Waals surface area (Å²) in [5, 5.41) is 3.81. The molecule has 0 radical (unpaired) electrons. The fourth-order valence-electron chi connectivity index (χ4n) is 5.50. The van der Waals surface area contributed by atoms with E-state index in [0.29, 0.717) is 0 Å². The van der Waals surface area contributed by atoms with E-state index in [1.54, 1.807) is 0 Å². The van der Waals surface area contributed by atoms with E-state index in [0.717, 1.165) is 30.1 Å². The number of rotatable bonds is 5.